The van der Waals surface area contributed by atoms with Gasteiger partial charge in [-0.05, 0) is 59.5 Å². The van der Waals surface area contributed by atoms with Gasteiger partial charge in [0.2, 0.25) is 0 Å². The van der Waals surface area contributed by atoms with Crippen LogP contribution in [-0.4, -0.2) is 17.3 Å². The molecule has 1 aliphatic heterocycles. The summed E-state index contributed by atoms with van der Waals surface area (Å²) in [7, 11) is 1.59. The molecule has 1 amide bonds. The maximum atomic E-state index is 13.2. The summed E-state index contributed by atoms with van der Waals surface area (Å²) in [5.74, 6) is 1.09. The number of benzene rings is 3. The highest BCUT2D eigenvalue weighted by Gasteiger charge is 2.34. The summed E-state index contributed by atoms with van der Waals surface area (Å²) in [5, 5.41) is 0.685. The molecule has 0 saturated carbocycles. The first-order valence-electron chi connectivity index (χ1n) is 10.4. The lowest BCUT2D eigenvalue weighted by Crippen LogP contribution is -2.28. The Morgan fingerprint density at radius 2 is 1.82 bits per heavy atom. The van der Waals surface area contributed by atoms with E-state index >= 15 is 0 Å². The number of hydrogen-bond donors (Lipinski definition) is 0. The fraction of sp³-hybridized carbons (Fsp3) is 0.154. The molecule has 4 rings (SSSR count). The lowest BCUT2D eigenvalue weighted by Gasteiger charge is -2.18. The van der Waals surface area contributed by atoms with E-state index in [1.54, 1.807) is 12.0 Å². The number of carbonyl (C=O) groups is 1. The van der Waals surface area contributed by atoms with E-state index in [4.69, 9.17) is 33.3 Å². The number of ether oxygens (including phenoxy) is 2. The van der Waals surface area contributed by atoms with E-state index in [2.05, 4.69) is 6.92 Å². The average Bonchev–Trinajstić information content (AvgIpc) is 3.11. The van der Waals surface area contributed by atoms with Crippen LogP contribution in [0.1, 0.15) is 23.6 Å². The summed E-state index contributed by atoms with van der Waals surface area (Å²) >= 11 is 12.8. The number of carbonyl (C=O) groups excluding carboxylic acids is 1. The van der Waals surface area contributed by atoms with Gasteiger partial charge >= 0.3 is 0 Å². The summed E-state index contributed by atoms with van der Waals surface area (Å²) in [5.41, 5.74) is 3.75. The predicted octanol–water partition coefficient (Wildman–Crippen LogP) is 6.90. The molecular formula is C26H22ClNO3S2. The van der Waals surface area contributed by atoms with Gasteiger partial charge in [-0.2, -0.15) is 0 Å². The molecule has 3 aromatic carbocycles. The quantitative estimate of drug-likeness (QED) is 0.263. The predicted molar refractivity (Wildman–Crippen MR) is 140 cm³/mol. The van der Waals surface area contributed by atoms with Crippen molar-refractivity contribution < 1.29 is 14.3 Å². The van der Waals surface area contributed by atoms with Crippen molar-refractivity contribution in [2.75, 3.05) is 12.0 Å². The van der Waals surface area contributed by atoms with Crippen molar-refractivity contribution in [2.45, 2.75) is 20.0 Å². The Kier molecular flexibility index (Phi) is 7.38. The summed E-state index contributed by atoms with van der Waals surface area (Å²) in [6.07, 6.45) is 2.65. The highest BCUT2D eigenvalue weighted by molar-refractivity contribution is 8.27. The summed E-state index contributed by atoms with van der Waals surface area (Å²) < 4.78 is 12.0. The van der Waals surface area contributed by atoms with Gasteiger partial charge in [-0.25, -0.2) is 0 Å². The molecule has 0 bridgehead atoms. The molecule has 1 fully saturated rings. The molecule has 0 spiro atoms. The number of aryl methyl sites for hydroxylation is 1. The van der Waals surface area contributed by atoms with E-state index in [0.717, 1.165) is 28.8 Å². The van der Waals surface area contributed by atoms with Crippen LogP contribution < -0.4 is 14.4 Å². The van der Waals surface area contributed by atoms with Crippen molar-refractivity contribution in [2.24, 2.45) is 0 Å². The molecule has 0 N–H and O–H groups in total. The van der Waals surface area contributed by atoms with Gasteiger partial charge in [0.1, 0.15) is 6.61 Å². The Labute approximate surface area is 208 Å². The first-order chi connectivity index (χ1) is 16.0. The second-order valence-electron chi connectivity index (χ2n) is 7.32. The topological polar surface area (TPSA) is 38.8 Å². The number of amides is 1. The number of thiocarbonyl (C=S) groups is 1. The second kappa shape index (κ2) is 10.4. The number of para-hydroxylation sites is 1. The van der Waals surface area contributed by atoms with E-state index in [-0.39, 0.29) is 5.91 Å². The highest BCUT2D eigenvalue weighted by Crippen LogP contribution is 2.38. The Bertz CT molecular complexity index is 1220. The average molecular weight is 496 g/mol. The Hall–Kier alpha value is -2.80. The fourth-order valence-corrected chi connectivity index (χ4v) is 4.90. The molecule has 0 unspecified atom stereocenters. The number of anilines is 1. The molecule has 3 aromatic rings. The third kappa shape index (κ3) is 5.24. The van der Waals surface area contributed by atoms with Crippen molar-refractivity contribution in [3.05, 3.63) is 93.3 Å². The van der Waals surface area contributed by atoms with Gasteiger partial charge in [0, 0.05) is 5.02 Å². The molecule has 33 heavy (non-hydrogen) atoms. The molecular weight excluding hydrogens is 474 g/mol. The number of halogens is 1. The van der Waals surface area contributed by atoms with Crippen molar-refractivity contribution in [3.8, 4) is 11.5 Å². The first kappa shape index (κ1) is 23.4. The number of nitrogens with zero attached hydrogens (tertiary/aromatic N) is 1. The number of thioether (sulfide) groups is 1. The van der Waals surface area contributed by atoms with Crippen LogP contribution in [-0.2, 0) is 17.8 Å². The van der Waals surface area contributed by atoms with Crippen LogP contribution in [0, 0.1) is 0 Å². The molecule has 4 nitrogen and oxygen atoms in total. The molecule has 1 heterocycles. The zero-order valence-corrected chi connectivity index (χ0v) is 20.6. The van der Waals surface area contributed by atoms with Crippen LogP contribution in [0.25, 0.3) is 6.08 Å². The monoisotopic (exact) mass is 495 g/mol. The van der Waals surface area contributed by atoms with Crippen LogP contribution in [0.4, 0.5) is 5.69 Å². The maximum Gasteiger partial charge on any atom is 0.270 e. The van der Waals surface area contributed by atoms with Crippen LogP contribution in [0.5, 0.6) is 11.5 Å². The molecule has 168 valence electrons. The lowest BCUT2D eigenvalue weighted by atomic mass is 10.1. The Morgan fingerprint density at radius 3 is 2.55 bits per heavy atom. The third-order valence-electron chi connectivity index (χ3n) is 5.20. The summed E-state index contributed by atoms with van der Waals surface area (Å²) in [4.78, 5) is 15.4. The van der Waals surface area contributed by atoms with Crippen LogP contribution >= 0.6 is 35.6 Å². The molecule has 1 aliphatic rings. The van der Waals surface area contributed by atoms with E-state index in [1.165, 1.54) is 11.8 Å². The second-order valence-corrected chi connectivity index (χ2v) is 9.44. The third-order valence-corrected chi connectivity index (χ3v) is 6.75. The number of methoxy groups -OCH3 is 1. The Balaban J connectivity index is 1.54. The molecule has 0 aromatic heterocycles. The van der Waals surface area contributed by atoms with E-state index in [9.17, 15) is 4.79 Å². The van der Waals surface area contributed by atoms with Crippen LogP contribution in [0.15, 0.2) is 71.6 Å². The molecule has 0 atom stereocenters. The smallest absolute Gasteiger partial charge is 0.270 e. The van der Waals surface area contributed by atoms with Gasteiger partial charge in [0.05, 0.1) is 17.7 Å². The van der Waals surface area contributed by atoms with Crippen molar-refractivity contribution >= 4 is 57.6 Å². The fourth-order valence-electron chi connectivity index (χ4n) is 3.49. The number of rotatable bonds is 7. The minimum absolute atomic E-state index is 0.118. The van der Waals surface area contributed by atoms with Crippen LogP contribution in [0.2, 0.25) is 5.02 Å². The van der Waals surface area contributed by atoms with E-state index in [1.807, 2.05) is 72.8 Å². The minimum atomic E-state index is -0.118. The summed E-state index contributed by atoms with van der Waals surface area (Å²) in [6.45, 7) is 2.46. The van der Waals surface area contributed by atoms with Gasteiger partial charge in [0.25, 0.3) is 5.91 Å². The SMILES string of the molecule is CCc1ccccc1N1C(=O)/C(=C/c2ccc(OCc3ccc(Cl)cc3)c(OC)c2)SC1=S. The maximum absolute atomic E-state index is 13.2. The molecule has 1 saturated heterocycles. The van der Waals surface area contributed by atoms with Crippen molar-refractivity contribution in [1.29, 1.82) is 0 Å². The zero-order chi connectivity index (χ0) is 23.4. The minimum Gasteiger partial charge on any atom is -0.493 e. The normalized spacial score (nSPS) is 14.8. The lowest BCUT2D eigenvalue weighted by molar-refractivity contribution is -0.113. The van der Waals surface area contributed by atoms with E-state index in [0.29, 0.717) is 32.4 Å². The van der Waals surface area contributed by atoms with E-state index < -0.39 is 0 Å². The van der Waals surface area contributed by atoms with Crippen LogP contribution in [0.3, 0.4) is 0 Å². The first-order valence-corrected chi connectivity index (χ1v) is 12.0. The van der Waals surface area contributed by atoms with Crippen molar-refractivity contribution in [1.82, 2.24) is 0 Å². The molecule has 7 heteroatoms. The van der Waals surface area contributed by atoms with Gasteiger partial charge in [0.15, 0.2) is 15.8 Å². The summed E-state index contributed by atoms with van der Waals surface area (Å²) in [6, 6.07) is 20.9. The van der Waals surface area contributed by atoms with Gasteiger partial charge in [-0.15, -0.1) is 0 Å². The molecule has 0 aliphatic carbocycles. The van der Waals surface area contributed by atoms with Gasteiger partial charge < -0.3 is 9.47 Å². The largest absolute Gasteiger partial charge is 0.493 e. The standard InChI is InChI=1S/C26H22ClNO3S2/c1-3-19-6-4-5-7-21(19)28-25(29)24(33-26(28)32)15-18-10-13-22(23(14-18)30-2)31-16-17-8-11-20(27)12-9-17/h4-15H,3,16H2,1-2H3/b24-15-. The highest BCUT2D eigenvalue weighted by atomic mass is 35.5. The van der Waals surface area contributed by atoms with Gasteiger partial charge in [-0.1, -0.05) is 78.9 Å². The zero-order valence-electron chi connectivity index (χ0n) is 18.2. The molecule has 0 radical (unpaired) electrons. The Morgan fingerprint density at radius 1 is 1.06 bits per heavy atom. The number of hydrogen-bond acceptors (Lipinski definition) is 5. The van der Waals surface area contributed by atoms with Crippen molar-refractivity contribution in [3.63, 3.8) is 0 Å². The van der Waals surface area contributed by atoms with Gasteiger partial charge in [-0.3, -0.25) is 9.69 Å².